The fourth-order valence-corrected chi connectivity index (χ4v) is 4.93. The van der Waals surface area contributed by atoms with Gasteiger partial charge in [-0.25, -0.2) is 9.97 Å². The van der Waals surface area contributed by atoms with Crippen LogP contribution in [0.1, 0.15) is 5.56 Å². The summed E-state index contributed by atoms with van der Waals surface area (Å²) in [5.41, 5.74) is 4.52. The number of nitrogens with one attached hydrogen (secondary N) is 1. The molecule has 0 saturated carbocycles. The number of aromatic nitrogens is 5. The quantitative estimate of drug-likeness (QED) is 0.177. The third kappa shape index (κ3) is 5.86. The molecule has 11 heteroatoms. The van der Waals surface area contributed by atoms with Gasteiger partial charge in [0.2, 0.25) is 17.6 Å². The van der Waals surface area contributed by atoms with Crippen molar-refractivity contribution in [2.45, 2.75) is 6.54 Å². The molecular formula is C32H28ClN7O3. The summed E-state index contributed by atoms with van der Waals surface area (Å²) in [5.74, 6) is 2.23. The van der Waals surface area contributed by atoms with Gasteiger partial charge in [0, 0.05) is 39.6 Å². The normalized spacial score (nSPS) is 10.9. The molecule has 0 aliphatic carbocycles. The predicted octanol–water partition coefficient (Wildman–Crippen LogP) is 7.16. The number of fused-ring (bicyclic) bond motifs is 1. The molecule has 0 aliphatic heterocycles. The van der Waals surface area contributed by atoms with Crippen molar-refractivity contribution in [3.63, 3.8) is 0 Å². The number of rotatable bonds is 10. The number of halogens is 1. The summed E-state index contributed by atoms with van der Waals surface area (Å²) in [6, 6.07) is 27.5. The van der Waals surface area contributed by atoms with Crippen molar-refractivity contribution in [2.75, 3.05) is 31.5 Å². The molecule has 0 aliphatic rings. The van der Waals surface area contributed by atoms with E-state index < -0.39 is 0 Å². The predicted molar refractivity (Wildman–Crippen MR) is 168 cm³/mol. The van der Waals surface area contributed by atoms with Gasteiger partial charge in [-0.1, -0.05) is 41.9 Å². The van der Waals surface area contributed by atoms with Crippen LogP contribution in [-0.4, -0.2) is 46.1 Å². The van der Waals surface area contributed by atoms with Gasteiger partial charge >= 0.3 is 0 Å². The lowest BCUT2D eigenvalue weighted by Gasteiger charge is -2.23. The molecule has 0 spiro atoms. The molecule has 4 aromatic carbocycles. The fraction of sp³-hybridized carbons (Fsp3) is 0.125. The maximum Gasteiger partial charge on any atom is 0.239 e. The number of anilines is 5. The van der Waals surface area contributed by atoms with Crippen molar-refractivity contribution in [3.05, 3.63) is 108 Å². The molecule has 2 aromatic heterocycles. The van der Waals surface area contributed by atoms with E-state index in [2.05, 4.69) is 44.6 Å². The zero-order valence-corrected chi connectivity index (χ0v) is 24.5. The Balaban J connectivity index is 1.37. The van der Waals surface area contributed by atoms with Gasteiger partial charge in [-0.15, -0.1) is 0 Å². The van der Waals surface area contributed by atoms with E-state index in [1.54, 1.807) is 33.5 Å². The lowest BCUT2D eigenvalue weighted by atomic mass is 10.2. The lowest BCUT2D eigenvalue weighted by Crippen LogP contribution is -2.14. The molecule has 6 rings (SSSR count). The van der Waals surface area contributed by atoms with Crippen LogP contribution >= 0.6 is 11.6 Å². The van der Waals surface area contributed by atoms with Gasteiger partial charge in [-0.05, 0) is 48.0 Å². The molecule has 10 nitrogen and oxygen atoms in total. The molecule has 0 fully saturated rings. The molecule has 0 saturated heterocycles. The molecule has 216 valence electrons. The summed E-state index contributed by atoms with van der Waals surface area (Å²) in [6.07, 6.45) is 3.33. The number of methoxy groups -OCH3 is 3. The highest BCUT2D eigenvalue weighted by molar-refractivity contribution is 6.30. The lowest BCUT2D eigenvalue weighted by molar-refractivity contribution is 0.324. The first-order valence-corrected chi connectivity index (χ1v) is 13.8. The molecule has 1 N–H and O–H groups in total. The van der Waals surface area contributed by atoms with E-state index in [1.807, 2.05) is 64.3 Å². The van der Waals surface area contributed by atoms with E-state index in [0.29, 0.717) is 46.4 Å². The van der Waals surface area contributed by atoms with Crippen molar-refractivity contribution in [3.8, 4) is 17.2 Å². The second-order valence-corrected chi connectivity index (χ2v) is 9.93. The Kier molecular flexibility index (Phi) is 7.92. The molecular weight excluding hydrogens is 566 g/mol. The van der Waals surface area contributed by atoms with Crippen LogP contribution in [0.25, 0.3) is 10.9 Å². The molecule has 2 heterocycles. The minimum absolute atomic E-state index is 0.329. The van der Waals surface area contributed by atoms with Crippen LogP contribution in [0.2, 0.25) is 5.02 Å². The van der Waals surface area contributed by atoms with Gasteiger partial charge in [0.25, 0.3) is 0 Å². The topological polar surface area (TPSA) is 99.5 Å². The van der Waals surface area contributed by atoms with E-state index in [1.165, 1.54) is 11.9 Å². The summed E-state index contributed by atoms with van der Waals surface area (Å²) in [5, 5.41) is 9.49. The van der Waals surface area contributed by atoms with Crippen LogP contribution in [0, 0.1) is 0 Å². The van der Waals surface area contributed by atoms with Crippen LogP contribution in [0.3, 0.4) is 0 Å². The zero-order chi connectivity index (χ0) is 29.8. The Bertz CT molecular complexity index is 1840. The van der Waals surface area contributed by atoms with Crippen molar-refractivity contribution in [2.24, 2.45) is 0 Å². The van der Waals surface area contributed by atoms with Gasteiger partial charge in [-0.3, -0.25) is 9.58 Å². The number of hydrogen-bond acceptors (Lipinski definition) is 9. The number of hydrogen-bond donors (Lipinski definition) is 1. The minimum Gasteiger partial charge on any atom is -0.493 e. The fourth-order valence-electron chi connectivity index (χ4n) is 4.80. The maximum absolute atomic E-state index is 6.23. The molecule has 0 radical (unpaired) electrons. The second kappa shape index (κ2) is 12.3. The number of nitrogens with zero attached hydrogens (tertiary/aromatic N) is 6. The van der Waals surface area contributed by atoms with Crippen molar-refractivity contribution in [1.29, 1.82) is 0 Å². The molecule has 43 heavy (non-hydrogen) atoms. The first-order valence-electron chi connectivity index (χ1n) is 13.4. The smallest absolute Gasteiger partial charge is 0.239 e. The van der Waals surface area contributed by atoms with Gasteiger partial charge < -0.3 is 19.5 Å². The SMILES string of the molecule is COc1cc(Nc2ncnc(N(c3ccc(Cl)cc3)c3ccc4c(cnn4Cc4ccccc4)c3)n2)cc(OC)c1OC. The van der Waals surface area contributed by atoms with Crippen LogP contribution in [0.5, 0.6) is 17.2 Å². The summed E-state index contributed by atoms with van der Waals surface area (Å²) in [6.45, 7) is 0.675. The van der Waals surface area contributed by atoms with E-state index >= 15 is 0 Å². The van der Waals surface area contributed by atoms with Crippen molar-refractivity contribution < 1.29 is 14.2 Å². The number of ether oxygens (including phenoxy) is 3. The van der Waals surface area contributed by atoms with Crippen LogP contribution in [0.15, 0.2) is 97.5 Å². The monoisotopic (exact) mass is 593 g/mol. The zero-order valence-electron chi connectivity index (χ0n) is 23.7. The maximum atomic E-state index is 6.23. The third-order valence-corrected chi connectivity index (χ3v) is 7.08. The van der Waals surface area contributed by atoms with Crippen LogP contribution in [0.4, 0.5) is 29.0 Å². The Morgan fingerprint density at radius 3 is 2.23 bits per heavy atom. The highest BCUT2D eigenvalue weighted by atomic mass is 35.5. The molecule has 6 aromatic rings. The Morgan fingerprint density at radius 1 is 0.814 bits per heavy atom. The Hall–Kier alpha value is -5.35. The second-order valence-electron chi connectivity index (χ2n) is 9.49. The van der Waals surface area contributed by atoms with Crippen LogP contribution in [-0.2, 0) is 6.54 Å². The third-order valence-electron chi connectivity index (χ3n) is 6.82. The van der Waals surface area contributed by atoms with E-state index in [0.717, 1.165) is 22.3 Å². The average molecular weight is 594 g/mol. The number of benzene rings is 4. The first-order chi connectivity index (χ1) is 21.1. The van der Waals surface area contributed by atoms with Gasteiger partial charge in [0.15, 0.2) is 11.5 Å². The highest BCUT2D eigenvalue weighted by Crippen LogP contribution is 2.41. The van der Waals surface area contributed by atoms with Crippen molar-refractivity contribution >= 4 is 51.5 Å². The van der Waals surface area contributed by atoms with E-state index in [4.69, 9.17) is 30.8 Å². The summed E-state index contributed by atoms with van der Waals surface area (Å²) < 4.78 is 18.4. The van der Waals surface area contributed by atoms with Gasteiger partial charge in [0.05, 0.1) is 39.6 Å². The highest BCUT2D eigenvalue weighted by Gasteiger charge is 2.19. The summed E-state index contributed by atoms with van der Waals surface area (Å²) in [7, 11) is 4.69. The minimum atomic E-state index is 0.329. The molecule has 0 bridgehead atoms. The average Bonchev–Trinajstić information content (AvgIpc) is 3.44. The molecule has 0 unspecified atom stereocenters. The first kappa shape index (κ1) is 27.8. The van der Waals surface area contributed by atoms with Crippen molar-refractivity contribution in [1.82, 2.24) is 24.7 Å². The summed E-state index contributed by atoms with van der Waals surface area (Å²) in [4.78, 5) is 15.6. The van der Waals surface area contributed by atoms with E-state index in [-0.39, 0.29) is 0 Å². The van der Waals surface area contributed by atoms with E-state index in [9.17, 15) is 0 Å². The van der Waals surface area contributed by atoms with Crippen LogP contribution < -0.4 is 24.4 Å². The Labute approximate surface area is 253 Å². The molecule has 0 amide bonds. The van der Waals surface area contributed by atoms with Gasteiger partial charge in [-0.2, -0.15) is 10.1 Å². The largest absolute Gasteiger partial charge is 0.493 e. The summed E-state index contributed by atoms with van der Waals surface area (Å²) >= 11 is 6.23. The molecule has 0 atom stereocenters. The van der Waals surface area contributed by atoms with Gasteiger partial charge in [0.1, 0.15) is 6.33 Å². The standard InChI is InChI=1S/C32H28ClN7O3/c1-41-28-16-24(17-29(42-2)30(28)43-3)37-31-34-20-35-32(38-31)40(25-11-9-23(33)10-12-25)26-13-14-27-22(15-26)18-36-39(27)19-21-7-5-4-6-8-21/h4-18,20H,19H2,1-3H3,(H,34,35,37,38). The Morgan fingerprint density at radius 2 is 1.53 bits per heavy atom.